The van der Waals surface area contributed by atoms with Crippen LogP contribution in [0.25, 0.3) is 16.9 Å². The number of anilines is 1. The lowest BCUT2D eigenvalue weighted by molar-refractivity contribution is 0.0809. The summed E-state index contributed by atoms with van der Waals surface area (Å²) >= 11 is 0. The molecule has 1 unspecified atom stereocenters. The van der Waals surface area contributed by atoms with Gasteiger partial charge >= 0.3 is 6.03 Å². The zero-order valence-electron chi connectivity index (χ0n) is 24.9. The van der Waals surface area contributed by atoms with Gasteiger partial charge in [0.25, 0.3) is 0 Å². The Morgan fingerprint density at radius 3 is 2.53 bits per heavy atom. The summed E-state index contributed by atoms with van der Waals surface area (Å²) in [6.07, 6.45) is 0.599. The number of hydrogen-bond acceptors (Lipinski definition) is 5. The topological polar surface area (TPSA) is 94.6 Å². The van der Waals surface area contributed by atoms with Gasteiger partial charge < -0.3 is 20.5 Å². The quantitative estimate of drug-likeness (QED) is 0.223. The third-order valence-electron chi connectivity index (χ3n) is 7.57. The van der Waals surface area contributed by atoms with Gasteiger partial charge in [-0.3, -0.25) is 4.90 Å². The van der Waals surface area contributed by atoms with Crippen molar-refractivity contribution in [2.45, 2.75) is 39.8 Å². The highest BCUT2D eigenvalue weighted by Crippen LogP contribution is 2.40. The van der Waals surface area contributed by atoms with E-state index in [1.165, 1.54) is 0 Å². The lowest BCUT2D eigenvalue weighted by Gasteiger charge is -2.34. The van der Waals surface area contributed by atoms with Gasteiger partial charge in [0.1, 0.15) is 23.1 Å². The molecule has 0 saturated heterocycles. The molecule has 0 aliphatic carbocycles. The number of nitrogens with zero attached hydrogens (tertiary/aromatic N) is 3. The van der Waals surface area contributed by atoms with Crippen molar-refractivity contribution in [2.75, 3.05) is 32.2 Å². The minimum absolute atomic E-state index is 0.0178. The van der Waals surface area contributed by atoms with Gasteiger partial charge in [0.2, 0.25) is 0 Å². The Kier molecular flexibility index (Phi) is 9.08. The number of aromatic nitrogens is 2. The summed E-state index contributed by atoms with van der Waals surface area (Å²) in [7, 11) is 1.67. The van der Waals surface area contributed by atoms with Crippen molar-refractivity contribution in [1.82, 2.24) is 14.7 Å². The fourth-order valence-corrected chi connectivity index (χ4v) is 5.58. The summed E-state index contributed by atoms with van der Waals surface area (Å²) in [6, 6.07) is 16.8. The predicted molar refractivity (Wildman–Crippen MR) is 162 cm³/mol. The Bertz CT molecular complexity index is 1610. The molecule has 3 N–H and O–H groups in total. The molecule has 43 heavy (non-hydrogen) atoms. The second-order valence-corrected chi connectivity index (χ2v) is 11.2. The van der Waals surface area contributed by atoms with Gasteiger partial charge in [-0.15, -0.1) is 0 Å². The number of hydrogen-bond donors (Lipinski definition) is 2. The van der Waals surface area contributed by atoms with Crippen LogP contribution in [0.2, 0.25) is 0 Å². The summed E-state index contributed by atoms with van der Waals surface area (Å²) in [4.78, 5) is 13.7. The van der Waals surface area contributed by atoms with E-state index in [1.54, 1.807) is 11.8 Å². The number of para-hydroxylation sites is 1. The number of nitrogens with one attached hydrogen (secondary N) is 1. The molecule has 0 spiro atoms. The molecular weight excluding hydrogens is 552 g/mol. The first kappa shape index (κ1) is 30.2. The Labute approximate surface area is 250 Å². The van der Waals surface area contributed by atoms with Gasteiger partial charge in [-0.2, -0.15) is 5.10 Å². The first-order valence-corrected chi connectivity index (χ1v) is 14.3. The summed E-state index contributed by atoms with van der Waals surface area (Å²) in [5, 5.41) is 7.15. The molecule has 0 radical (unpaired) electrons. The molecular formula is C33H37F2N5O3. The van der Waals surface area contributed by atoms with E-state index in [9.17, 15) is 4.79 Å². The Morgan fingerprint density at radius 2 is 1.84 bits per heavy atom. The molecule has 226 valence electrons. The molecule has 1 aromatic heterocycles. The standard InChI is InChI=1S/C33H37F2N5O3/c1-20(2)18-43-30-12-8-9-21(3)31(30)40-32(23-15-26(35)28(16-25(23)34)37-33(36)41)24-17-39(14-13-27(24)38-40)29(19-42-4)22-10-6-5-7-11-22/h5-12,15-16,20,29H,13-14,17-19H2,1-4H3,(H3,36,37,41). The van der Waals surface area contributed by atoms with E-state index < -0.39 is 17.7 Å². The average Bonchev–Trinajstić information content (AvgIpc) is 3.34. The first-order chi connectivity index (χ1) is 20.7. The number of carbonyl (C=O) groups excluding carboxylic acids is 1. The molecule has 1 aliphatic heterocycles. The minimum atomic E-state index is -0.985. The van der Waals surface area contributed by atoms with Crippen molar-refractivity contribution >= 4 is 11.7 Å². The normalized spacial score (nSPS) is 14.0. The number of carbonyl (C=O) groups is 1. The second kappa shape index (κ2) is 12.9. The maximum atomic E-state index is 15.9. The van der Waals surface area contributed by atoms with Gasteiger partial charge in [0.15, 0.2) is 0 Å². The third kappa shape index (κ3) is 6.40. The van der Waals surface area contributed by atoms with Crippen LogP contribution >= 0.6 is 0 Å². The monoisotopic (exact) mass is 589 g/mol. The van der Waals surface area contributed by atoms with E-state index >= 15 is 8.78 Å². The zero-order valence-corrected chi connectivity index (χ0v) is 24.9. The van der Waals surface area contributed by atoms with Gasteiger partial charge in [0, 0.05) is 43.8 Å². The predicted octanol–water partition coefficient (Wildman–Crippen LogP) is 6.40. The van der Waals surface area contributed by atoms with Crippen LogP contribution < -0.4 is 15.8 Å². The van der Waals surface area contributed by atoms with Crippen molar-refractivity contribution in [2.24, 2.45) is 11.7 Å². The van der Waals surface area contributed by atoms with E-state index in [1.807, 2.05) is 43.3 Å². The fourth-order valence-electron chi connectivity index (χ4n) is 5.58. The molecule has 0 saturated carbocycles. The summed E-state index contributed by atoms with van der Waals surface area (Å²) < 4.78 is 44.8. The molecule has 0 fully saturated rings. The molecule has 1 atom stereocenters. The molecule has 5 rings (SSSR count). The molecule has 8 nitrogen and oxygen atoms in total. The van der Waals surface area contributed by atoms with Crippen molar-refractivity contribution in [3.8, 4) is 22.7 Å². The van der Waals surface area contributed by atoms with Crippen molar-refractivity contribution in [3.05, 3.63) is 94.7 Å². The lowest BCUT2D eigenvalue weighted by atomic mass is 9.97. The number of nitrogens with two attached hydrogens (primary N) is 1. The third-order valence-corrected chi connectivity index (χ3v) is 7.57. The van der Waals surface area contributed by atoms with Crippen LogP contribution in [0.4, 0.5) is 19.3 Å². The fraction of sp³-hybridized carbons (Fsp3) is 0.333. The highest BCUT2D eigenvalue weighted by molar-refractivity contribution is 5.88. The van der Waals surface area contributed by atoms with Gasteiger partial charge in [-0.1, -0.05) is 56.3 Å². The van der Waals surface area contributed by atoms with Crippen LogP contribution in [0, 0.1) is 24.5 Å². The molecule has 4 aromatic rings. The zero-order chi connectivity index (χ0) is 30.7. The SMILES string of the molecule is COCC(c1ccccc1)N1CCc2nn(-c3c(C)cccc3OCC(C)C)c(-c3cc(F)c(NC(N)=O)cc3F)c2C1. The Balaban J connectivity index is 1.69. The number of benzene rings is 3. The lowest BCUT2D eigenvalue weighted by Crippen LogP contribution is -2.36. The Hall–Kier alpha value is -4.28. The summed E-state index contributed by atoms with van der Waals surface area (Å²) in [6.45, 7) is 8.14. The van der Waals surface area contributed by atoms with E-state index in [4.69, 9.17) is 20.3 Å². The van der Waals surface area contributed by atoms with Crippen LogP contribution in [0.15, 0.2) is 60.7 Å². The van der Waals surface area contributed by atoms with Crippen molar-refractivity contribution < 1.29 is 23.0 Å². The summed E-state index contributed by atoms with van der Waals surface area (Å²) in [5.41, 5.74) is 9.51. The largest absolute Gasteiger partial charge is 0.491 e. The molecule has 2 heterocycles. The van der Waals surface area contributed by atoms with Crippen LogP contribution in [0.3, 0.4) is 0 Å². The van der Waals surface area contributed by atoms with Crippen molar-refractivity contribution in [3.63, 3.8) is 0 Å². The van der Waals surface area contributed by atoms with Crippen LogP contribution in [0.1, 0.15) is 42.3 Å². The van der Waals surface area contributed by atoms with E-state index in [-0.39, 0.29) is 23.2 Å². The Morgan fingerprint density at radius 1 is 1.07 bits per heavy atom. The van der Waals surface area contributed by atoms with Gasteiger partial charge in [-0.25, -0.2) is 18.3 Å². The molecule has 3 aromatic carbocycles. The number of ether oxygens (including phenoxy) is 2. The van der Waals surface area contributed by atoms with Crippen LogP contribution in [-0.2, 0) is 17.7 Å². The maximum Gasteiger partial charge on any atom is 0.316 e. The number of halogens is 2. The van der Waals surface area contributed by atoms with Gasteiger partial charge in [0.05, 0.1) is 36.3 Å². The average molecular weight is 590 g/mol. The van der Waals surface area contributed by atoms with E-state index in [2.05, 4.69) is 36.2 Å². The molecule has 1 aliphatic rings. The number of methoxy groups -OCH3 is 1. The number of urea groups is 1. The minimum Gasteiger partial charge on any atom is -0.491 e. The maximum absolute atomic E-state index is 15.9. The van der Waals surface area contributed by atoms with Crippen molar-refractivity contribution in [1.29, 1.82) is 0 Å². The van der Waals surface area contributed by atoms with Crippen LogP contribution in [-0.4, -0.2) is 47.6 Å². The highest BCUT2D eigenvalue weighted by Gasteiger charge is 2.33. The number of fused-ring (bicyclic) bond motifs is 1. The first-order valence-electron chi connectivity index (χ1n) is 14.3. The molecule has 0 bridgehead atoms. The summed E-state index contributed by atoms with van der Waals surface area (Å²) in [5.74, 6) is -0.659. The smallest absolute Gasteiger partial charge is 0.316 e. The highest BCUT2D eigenvalue weighted by atomic mass is 19.1. The molecule has 2 amide bonds. The second-order valence-electron chi connectivity index (χ2n) is 11.2. The van der Waals surface area contributed by atoms with Gasteiger partial charge in [-0.05, 0) is 36.1 Å². The number of amides is 2. The number of primary amides is 1. The van der Waals surface area contributed by atoms with E-state index in [0.29, 0.717) is 49.9 Å². The molecule has 10 heteroatoms. The van der Waals surface area contributed by atoms with E-state index in [0.717, 1.165) is 34.5 Å². The number of aryl methyl sites for hydroxylation is 1. The number of rotatable bonds is 10. The van der Waals surface area contributed by atoms with Crippen LogP contribution in [0.5, 0.6) is 5.75 Å².